The highest BCUT2D eigenvalue weighted by Gasteiger charge is 2.04. The maximum Gasteiger partial charge on any atom is 0.00990 e. The van der Waals surface area contributed by atoms with Gasteiger partial charge in [-0.15, -0.1) is 0 Å². The minimum absolute atomic E-state index is 0.841. The first-order valence-electron chi connectivity index (χ1n) is 3.51. The monoisotopic (exact) mass is 119 g/mol. The molecule has 1 aliphatic carbocycles. The standard InChI is InChI=1S/C9H11/c1-2-3-4-5-6-9-7-8-9/h7H,3-6,8H2. The van der Waals surface area contributed by atoms with Crippen LogP contribution >= 0.6 is 0 Å². The smallest absolute Gasteiger partial charge is 0.00990 e. The van der Waals surface area contributed by atoms with E-state index in [-0.39, 0.29) is 0 Å². The number of hydrogen-bond acceptors (Lipinski definition) is 0. The van der Waals surface area contributed by atoms with E-state index in [0.717, 1.165) is 12.8 Å². The third kappa shape index (κ3) is 2.98. The fourth-order valence-electron chi connectivity index (χ4n) is 0.842. The van der Waals surface area contributed by atoms with E-state index < -0.39 is 0 Å². The molecule has 1 rings (SSSR count). The Hall–Kier alpha value is -0.700. The molecule has 0 fully saturated rings. The lowest BCUT2D eigenvalue weighted by molar-refractivity contribution is 0.759. The second-order valence-corrected chi connectivity index (χ2v) is 2.45. The van der Waals surface area contributed by atoms with E-state index in [0.29, 0.717) is 0 Å². The molecule has 1 radical (unpaired) electrons. The SMILES string of the molecule is [C]#CCCCCC1=CC1. The molecule has 0 amide bonds. The van der Waals surface area contributed by atoms with E-state index in [9.17, 15) is 0 Å². The molecule has 0 aromatic rings. The highest BCUT2D eigenvalue weighted by atomic mass is 14.1. The van der Waals surface area contributed by atoms with Crippen molar-refractivity contribution in [3.05, 3.63) is 18.1 Å². The highest BCUT2D eigenvalue weighted by Crippen LogP contribution is 2.24. The molecule has 0 bridgehead atoms. The second-order valence-electron chi connectivity index (χ2n) is 2.45. The predicted octanol–water partition coefficient (Wildman–Crippen LogP) is 2.47. The van der Waals surface area contributed by atoms with Crippen LogP contribution in [0.1, 0.15) is 32.1 Å². The van der Waals surface area contributed by atoms with Gasteiger partial charge in [0, 0.05) is 6.42 Å². The van der Waals surface area contributed by atoms with E-state index >= 15 is 0 Å². The number of unbranched alkanes of at least 4 members (excludes halogenated alkanes) is 2. The largest absolute Gasteiger partial charge is 0.0891 e. The quantitative estimate of drug-likeness (QED) is 0.303. The van der Waals surface area contributed by atoms with Crippen LogP contribution in [0, 0.1) is 12.3 Å². The molecule has 0 aliphatic heterocycles. The molecule has 47 valence electrons. The molecule has 0 heterocycles. The van der Waals surface area contributed by atoms with E-state index in [1.54, 1.807) is 5.57 Å². The van der Waals surface area contributed by atoms with Gasteiger partial charge in [-0.1, -0.05) is 17.6 Å². The van der Waals surface area contributed by atoms with E-state index in [2.05, 4.69) is 12.0 Å². The van der Waals surface area contributed by atoms with Gasteiger partial charge in [-0.3, -0.25) is 0 Å². The normalized spacial score (nSPS) is 14.3. The maximum atomic E-state index is 6.64. The lowest BCUT2D eigenvalue weighted by atomic mass is 10.2. The first-order chi connectivity index (χ1) is 4.43. The van der Waals surface area contributed by atoms with E-state index in [4.69, 9.17) is 6.42 Å². The summed E-state index contributed by atoms with van der Waals surface area (Å²) in [6, 6.07) is 0. The molecule has 0 aromatic carbocycles. The first-order valence-corrected chi connectivity index (χ1v) is 3.51. The predicted molar refractivity (Wildman–Crippen MR) is 38.3 cm³/mol. The Morgan fingerprint density at radius 3 is 2.89 bits per heavy atom. The van der Waals surface area contributed by atoms with Gasteiger partial charge in [0.2, 0.25) is 0 Å². The summed E-state index contributed by atoms with van der Waals surface area (Å²) in [5.74, 6) is 2.39. The minimum atomic E-state index is 0.841. The Kier molecular flexibility index (Phi) is 2.39. The average molecular weight is 119 g/mol. The molecule has 0 atom stereocenters. The molecule has 0 aromatic heterocycles. The number of rotatable bonds is 4. The van der Waals surface area contributed by atoms with Crippen molar-refractivity contribution >= 4 is 0 Å². The van der Waals surface area contributed by atoms with Crippen molar-refractivity contribution in [3.8, 4) is 5.92 Å². The highest BCUT2D eigenvalue weighted by molar-refractivity contribution is 5.21. The van der Waals surface area contributed by atoms with Gasteiger partial charge in [0.15, 0.2) is 0 Å². The molecule has 0 N–H and O–H groups in total. The summed E-state index contributed by atoms with van der Waals surface area (Å²) < 4.78 is 0. The van der Waals surface area contributed by atoms with Gasteiger partial charge in [0.25, 0.3) is 0 Å². The van der Waals surface area contributed by atoms with Crippen molar-refractivity contribution in [3.63, 3.8) is 0 Å². The molecule has 0 unspecified atom stereocenters. The zero-order chi connectivity index (χ0) is 6.53. The fraction of sp³-hybridized carbons (Fsp3) is 0.556. The van der Waals surface area contributed by atoms with Crippen LogP contribution in [0.2, 0.25) is 0 Å². The van der Waals surface area contributed by atoms with E-state index in [1.807, 2.05) is 0 Å². The first kappa shape index (κ1) is 6.42. The van der Waals surface area contributed by atoms with Crippen LogP contribution in [-0.4, -0.2) is 0 Å². The summed E-state index contributed by atoms with van der Waals surface area (Å²) in [6.07, 6.45) is 14.7. The van der Waals surface area contributed by atoms with E-state index in [1.165, 1.54) is 19.3 Å². The number of hydrogen-bond donors (Lipinski definition) is 0. The van der Waals surface area contributed by atoms with Crippen molar-refractivity contribution in [1.29, 1.82) is 0 Å². The van der Waals surface area contributed by atoms with Gasteiger partial charge in [-0.05, 0) is 32.1 Å². The van der Waals surface area contributed by atoms with Crippen LogP contribution in [-0.2, 0) is 0 Å². The third-order valence-corrected chi connectivity index (χ3v) is 1.54. The Labute approximate surface area is 57.0 Å². The maximum absolute atomic E-state index is 6.64. The zero-order valence-corrected chi connectivity index (χ0v) is 5.61. The minimum Gasteiger partial charge on any atom is -0.0891 e. The summed E-state index contributed by atoms with van der Waals surface area (Å²) >= 11 is 0. The van der Waals surface area contributed by atoms with Crippen molar-refractivity contribution in [2.45, 2.75) is 32.1 Å². The van der Waals surface area contributed by atoms with Crippen LogP contribution in [0.15, 0.2) is 11.6 Å². The Morgan fingerprint density at radius 1 is 1.56 bits per heavy atom. The van der Waals surface area contributed by atoms with Crippen LogP contribution in [0.25, 0.3) is 0 Å². The van der Waals surface area contributed by atoms with Crippen molar-refractivity contribution in [2.75, 3.05) is 0 Å². The topological polar surface area (TPSA) is 0 Å². The molecule has 0 saturated carbocycles. The summed E-state index contributed by atoms with van der Waals surface area (Å²) in [6.45, 7) is 0. The summed E-state index contributed by atoms with van der Waals surface area (Å²) in [7, 11) is 0. The Morgan fingerprint density at radius 2 is 2.33 bits per heavy atom. The van der Waals surface area contributed by atoms with Gasteiger partial charge in [0.1, 0.15) is 0 Å². The van der Waals surface area contributed by atoms with Gasteiger partial charge in [-0.25, -0.2) is 0 Å². The molecule has 0 saturated heterocycles. The summed E-state index contributed by atoms with van der Waals surface area (Å²) in [5, 5.41) is 0. The molecule has 0 nitrogen and oxygen atoms in total. The van der Waals surface area contributed by atoms with Crippen LogP contribution < -0.4 is 0 Å². The molecule has 1 aliphatic rings. The third-order valence-electron chi connectivity index (χ3n) is 1.54. The molecular weight excluding hydrogens is 108 g/mol. The second kappa shape index (κ2) is 3.35. The van der Waals surface area contributed by atoms with Gasteiger partial charge in [-0.2, -0.15) is 0 Å². The molecular formula is C9H11. The van der Waals surface area contributed by atoms with Crippen LogP contribution in [0.3, 0.4) is 0 Å². The summed E-state index contributed by atoms with van der Waals surface area (Å²) in [4.78, 5) is 0. The Balaban J connectivity index is 1.83. The average Bonchev–Trinajstić information content (AvgIpc) is 2.63. The van der Waals surface area contributed by atoms with Crippen molar-refractivity contribution < 1.29 is 0 Å². The van der Waals surface area contributed by atoms with Crippen molar-refractivity contribution in [2.24, 2.45) is 0 Å². The van der Waals surface area contributed by atoms with Crippen LogP contribution in [0.4, 0.5) is 0 Å². The number of allylic oxidation sites excluding steroid dienone is 2. The van der Waals surface area contributed by atoms with Gasteiger partial charge in [0.05, 0.1) is 0 Å². The van der Waals surface area contributed by atoms with Crippen LogP contribution in [0.5, 0.6) is 0 Å². The molecule has 0 spiro atoms. The van der Waals surface area contributed by atoms with Crippen molar-refractivity contribution in [1.82, 2.24) is 0 Å². The molecule has 0 heteroatoms. The summed E-state index contributed by atoms with van der Waals surface area (Å²) in [5.41, 5.74) is 1.61. The lowest BCUT2D eigenvalue weighted by Crippen LogP contribution is -1.72. The molecule has 9 heavy (non-hydrogen) atoms. The fourth-order valence-corrected chi connectivity index (χ4v) is 0.842. The Bertz CT molecular complexity index is 146. The lowest BCUT2D eigenvalue weighted by Gasteiger charge is -1.90. The zero-order valence-electron chi connectivity index (χ0n) is 5.61. The van der Waals surface area contributed by atoms with Gasteiger partial charge >= 0.3 is 0 Å². The van der Waals surface area contributed by atoms with Gasteiger partial charge < -0.3 is 0 Å².